The number of thiazole rings is 1. The number of carbonyl (C=O) groups excluding carboxylic acids is 1. The van der Waals surface area contributed by atoms with Crippen LogP contribution >= 0.6 is 27.3 Å². The average molecular weight is 465 g/mol. The molecular weight excluding hydrogens is 448 g/mol. The monoisotopic (exact) mass is 464 g/mol. The topological polar surface area (TPSA) is 68.5 Å². The molecule has 8 heteroatoms. The van der Waals surface area contributed by atoms with Crippen LogP contribution in [0.4, 0.5) is 0 Å². The predicted octanol–water partition coefficient (Wildman–Crippen LogP) is 4.19. The van der Waals surface area contributed by atoms with Crippen molar-refractivity contribution in [3.63, 3.8) is 0 Å². The summed E-state index contributed by atoms with van der Waals surface area (Å²) in [6.07, 6.45) is 1.74. The number of rotatable bonds is 5. The molecule has 0 bridgehead atoms. The third-order valence-electron chi connectivity index (χ3n) is 3.97. The summed E-state index contributed by atoms with van der Waals surface area (Å²) in [5.74, 6) is -0.502. The van der Waals surface area contributed by atoms with E-state index in [1.807, 2.05) is 22.8 Å². The van der Waals surface area contributed by atoms with Gasteiger partial charge in [0.1, 0.15) is 0 Å². The van der Waals surface area contributed by atoms with Crippen molar-refractivity contribution < 1.29 is 13.2 Å². The van der Waals surface area contributed by atoms with E-state index in [0.29, 0.717) is 11.3 Å². The highest BCUT2D eigenvalue weighted by molar-refractivity contribution is 9.10. The summed E-state index contributed by atoms with van der Waals surface area (Å²) in [6, 6.07) is 11.9. The van der Waals surface area contributed by atoms with E-state index in [2.05, 4.69) is 27.5 Å². The number of sulfone groups is 1. The number of hydrogen-bond donors (Lipinski definition) is 0. The third-order valence-corrected chi connectivity index (χ3v) is 7.24. The second kappa shape index (κ2) is 7.92. The van der Waals surface area contributed by atoms with Crippen LogP contribution < -0.4 is 4.80 Å². The molecule has 0 aliphatic carbocycles. The fourth-order valence-electron chi connectivity index (χ4n) is 2.58. The Hall–Kier alpha value is -2.03. The summed E-state index contributed by atoms with van der Waals surface area (Å²) in [4.78, 5) is 17.6. The first kappa shape index (κ1) is 19.7. The molecule has 0 spiro atoms. The lowest BCUT2D eigenvalue weighted by Gasteiger charge is -2.03. The molecule has 3 rings (SSSR count). The first-order chi connectivity index (χ1) is 12.9. The Kier molecular flexibility index (Phi) is 5.78. The van der Waals surface area contributed by atoms with Gasteiger partial charge in [-0.05, 0) is 36.4 Å². The van der Waals surface area contributed by atoms with Crippen molar-refractivity contribution in [2.75, 3.05) is 5.75 Å². The number of nitrogens with zero attached hydrogens (tertiary/aromatic N) is 2. The number of amides is 1. The van der Waals surface area contributed by atoms with Crippen molar-refractivity contribution in [2.24, 2.45) is 4.99 Å². The molecule has 0 N–H and O–H groups in total. The van der Waals surface area contributed by atoms with Crippen molar-refractivity contribution >= 4 is 53.2 Å². The van der Waals surface area contributed by atoms with E-state index in [9.17, 15) is 13.2 Å². The van der Waals surface area contributed by atoms with E-state index in [-0.39, 0.29) is 16.2 Å². The minimum absolute atomic E-state index is 0.0215. The zero-order valence-corrected chi connectivity index (χ0v) is 17.8. The highest BCUT2D eigenvalue weighted by atomic mass is 79.9. The largest absolute Gasteiger partial charge is 0.312 e. The smallest absolute Gasteiger partial charge is 0.279 e. The second-order valence-corrected chi connectivity index (χ2v) is 9.95. The molecule has 1 heterocycles. The van der Waals surface area contributed by atoms with E-state index >= 15 is 0 Å². The van der Waals surface area contributed by atoms with Crippen LogP contribution in [0.15, 0.2) is 69.5 Å². The Balaban J connectivity index is 2.12. The summed E-state index contributed by atoms with van der Waals surface area (Å²) in [5, 5.41) is 0. The third kappa shape index (κ3) is 4.12. The molecule has 0 atom stereocenters. The first-order valence-electron chi connectivity index (χ1n) is 8.17. The van der Waals surface area contributed by atoms with Gasteiger partial charge in [-0.2, -0.15) is 4.99 Å². The Morgan fingerprint density at radius 3 is 2.78 bits per heavy atom. The Bertz CT molecular complexity index is 1210. The number of fused-ring (bicyclic) bond motifs is 1. The van der Waals surface area contributed by atoms with Crippen molar-refractivity contribution in [1.29, 1.82) is 0 Å². The van der Waals surface area contributed by atoms with E-state index in [1.54, 1.807) is 25.1 Å². The Morgan fingerprint density at radius 1 is 1.30 bits per heavy atom. The molecule has 0 saturated carbocycles. The molecule has 2 aromatic carbocycles. The molecule has 3 aromatic rings. The molecule has 0 unspecified atom stereocenters. The van der Waals surface area contributed by atoms with Gasteiger partial charge in [0.15, 0.2) is 14.6 Å². The molecule has 1 aromatic heterocycles. The highest BCUT2D eigenvalue weighted by Gasteiger charge is 2.15. The van der Waals surface area contributed by atoms with Crippen LogP contribution in [0.3, 0.4) is 0 Å². The lowest BCUT2D eigenvalue weighted by atomic mass is 10.2. The van der Waals surface area contributed by atoms with Gasteiger partial charge in [-0.15, -0.1) is 6.58 Å². The van der Waals surface area contributed by atoms with Gasteiger partial charge in [0, 0.05) is 16.6 Å². The van der Waals surface area contributed by atoms with Gasteiger partial charge in [-0.1, -0.05) is 46.3 Å². The summed E-state index contributed by atoms with van der Waals surface area (Å²) < 4.78 is 28.0. The molecule has 5 nitrogen and oxygen atoms in total. The van der Waals surface area contributed by atoms with Gasteiger partial charge in [-0.3, -0.25) is 4.79 Å². The number of aromatic nitrogens is 1. The quantitative estimate of drug-likeness (QED) is 0.531. The van der Waals surface area contributed by atoms with Gasteiger partial charge in [0.25, 0.3) is 5.91 Å². The van der Waals surface area contributed by atoms with Gasteiger partial charge < -0.3 is 4.57 Å². The molecule has 0 fully saturated rings. The van der Waals surface area contributed by atoms with Crippen LogP contribution in [0.5, 0.6) is 0 Å². The molecule has 0 aliphatic heterocycles. The van der Waals surface area contributed by atoms with E-state index in [4.69, 9.17) is 0 Å². The highest BCUT2D eigenvalue weighted by Crippen LogP contribution is 2.22. The second-order valence-electron chi connectivity index (χ2n) is 5.74. The minimum atomic E-state index is -3.38. The number of halogens is 1. The van der Waals surface area contributed by atoms with Gasteiger partial charge in [0.05, 0.1) is 20.9 Å². The summed E-state index contributed by atoms with van der Waals surface area (Å²) in [6.45, 7) is 5.85. The van der Waals surface area contributed by atoms with Crippen LogP contribution in [0.25, 0.3) is 10.2 Å². The van der Waals surface area contributed by atoms with Crippen molar-refractivity contribution in [2.45, 2.75) is 18.4 Å². The molecule has 0 aliphatic rings. The summed E-state index contributed by atoms with van der Waals surface area (Å²) in [5.41, 5.74) is 1.20. The van der Waals surface area contributed by atoms with E-state index in [1.165, 1.54) is 23.5 Å². The van der Waals surface area contributed by atoms with E-state index < -0.39 is 15.7 Å². The lowest BCUT2D eigenvalue weighted by molar-refractivity contribution is 0.0997. The molecular formula is C19H17BrN2O3S2. The molecule has 0 saturated heterocycles. The van der Waals surface area contributed by atoms with Gasteiger partial charge in [0.2, 0.25) is 0 Å². The Morgan fingerprint density at radius 2 is 2.07 bits per heavy atom. The molecule has 27 heavy (non-hydrogen) atoms. The lowest BCUT2D eigenvalue weighted by Crippen LogP contribution is -2.16. The van der Waals surface area contributed by atoms with Crippen LogP contribution in [-0.2, 0) is 16.4 Å². The number of allylic oxidation sites excluding steroid dienone is 1. The Labute approximate surface area is 169 Å². The fourth-order valence-corrected chi connectivity index (χ4v) is 5.09. The first-order valence-corrected chi connectivity index (χ1v) is 11.4. The minimum Gasteiger partial charge on any atom is -0.312 e. The molecule has 0 radical (unpaired) electrons. The van der Waals surface area contributed by atoms with Crippen LogP contribution in [0.2, 0.25) is 0 Å². The maximum absolute atomic E-state index is 12.7. The van der Waals surface area contributed by atoms with Gasteiger partial charge >= 0.3 is 0 Å². The normalized spacial score (nSPS) is 12.4. The summed E-state index contributed by atoms with van der Waals surface area (Å²) >= 11 is 4.84. The predicted molar refractivity (Wildman–Crippen MR) is 112 cm³/mol. The van der Waals surface area contributed by atoms with Gasteiger partial charge in [-0.25, -0.2) is 8.42 Å². The molecule has 140 valence electrons. The zero-order chi connectivity index (χ0) is 19.6. The van der Waals surface area contributed by atoms with Crippen LogP contribution in [0.1, 0.15) is 17.3 Å². The van der Waals surface area contributed by atoms with Crippen molar-refractivity contribution in [3.05, 3.63) is 70.0 Å². The maximum Gasteiger partial charge on any atom is 0.279 e. The fraction of sp³-hybridized carbons (Fsp3) is 0.158. The summed E-state index contributed by atoms with van der Waals surface area (Å²) in [7, 11) is -3.38. The number of benzene rings is 2. The van der Waals surface area contributed by atoms with Crippen LogP contribution in [-0.4, -0.2) is 24.6 Å². The number of hydrogen-bond acceptors (Lipinski definition) is 4. The van der Waals surface area contributed by atoms with Crippen molar-refractivity contribution in [1.82, 2.24) is 4.57 Å². The molecule has 1 amide bonds. The average Bonchev–Trinajstić information content (AvgIpc) is 2.98. The SMILES string of the molecule is C=CCn1c(=NC(=O)c2cccc(S(=O)(=O)CC)c2)sc2cc(Br)ccc21. The van der Waals surface area contributed by atoms with E-state index in [0.717, 1.165) is 14.7 Å². The van der Waals surface area contributed by atoms with Crippen molar-refractivity contribution in [3.8, 4) is 0 Å². The number of carbonyl (C=O) groups is 1. The standard InChI is InChI=1S/C19H17BrN2O3S2/c1-3-10-22-16-9-8-14(20)12-17(16)26-19(22)21-18(23)13-6-5-7-15(11-13)27(24,25)4-2/h3,5-9,11-12H,1,4,10H2,2H3. The zero-order valence-electron chi connectivity index (χ0n) is 14.6. The van der Waals surface area contributed by atoms with Crippen LogP contribution in [0, 0.1) is 0 Å². The maximum atomic E-state index is 12.7.